The van der Waals surface area contributed by atoms with E-state index in [2.05, 4.69) is 74.3 Å². The number of likely N-dealkylation sites (N-methyl/N-ethyl adjacent to an activating group) is 1. The van der Waals surface area contributed by atoms with Crippen LogP contribution in [0, 0.1) is 0 Å². The first-order chi connectivity index (χ1) is 14.8. The highest BCUT2D eigenvalue weighted by atomic mass is 16.5. The molecule has 0 spiro atoms. The second kappa shape index (κ2) is 9.92. The number of aromatic nitrogens is 1. The topological polar surface area (TPSA) is 58.4 Å². The van der Waals surface area contributed by atoms with Crippen LogP contribution >= 0.6 is 0 Å². The van der Waals surface area contributed by atoms with Gasteiger partial charge in [0.1, 0.15) is 0 Å². The van der Waals surface area contributed by atoms with Crippen molar-refractivity contribution in [2.45, 2.75) is 46.1 Å². The number of nitrogens with one attached hydrogen (secondary N) is 1. The van der Waals surface area contributed by atoms with E-state index < -0.39 is 0 Å². The normalized spacial score (nSPS) is 12.7. The lowest BCUT2D eigenvalue weighted by Crippen LogP contribution is -2.38. The summed E-state index contributed by atoms with van der Waals surface area (Å²) in [6.45, 7) is 13.2. The highest BCUT2D eigenvalue weighted by Gasteiger charge is 2.22. The maximum atomic E-state index is 12.8. The van der Waals surface area contributed by atoms with Gasteiger partial charge in [0.15, 0.2) is 11.5 Å². The standard InChI is InChI=1S/C26H33N3O2/c1-6-29(7-2)23(19-13-15-21(16-14-19)26(3,4)5)18-27-25(30)22-17-24(31-28-22)20-11-9-8-10-12-20/h8-17,23H,6-7,18H2,1-5H3,(H,27,30)/t23-/m1/s1. The van der Waals surface area contributed by atoms with Gasteiger partial charge in [0, 0.05) is 18.2 Å². The van der Waals surface area contributed by atoms with Crippen LogP contribution in [0.2, 0.25) is 0 Å². The fourth-order valence-electron chi connectivity index (χ4n) is 3.73. The molecule has 0 aliphatic carbocycles. The van der Waals surface area contributed by atoms with Gasteiger partial charge in [-0.25, -0.2) is 0 Å². The number of benzene rings is 2. The van der Waals surface area contributed by atoms with E-state index in [1.165, 1.54) is 11.1 Å². The Morgan fingerprint density at radius 1 is 1.03 bits per heavy atom. The molecule has 1 atom stereocenters. The summed E-state index contributed by atoms with van der Waals surface area (Å²) < 4.78 is 5.38. The van der Waals surface area contributed by atoms with Gasteiger partial charge in [-0.15, -0.1) is 0 Å². The number of hydrogen-bond acceptors (Lipinski definition) is 4. The van der Waals surface area contributed by atoms with E-state index >= 15 is 0 Å². The van der Waals surface area contributed by atoms with E-state index in [1.54, 1.807) is 6.07 Å². The SMILES string of the molecule is CCN(CC)[C@H](CNC(=O)c1cc(-c2ccccc2)on1)c1ccc(C(C)(C)C)cc1. The summed E-state index contributed by atoms with van der Waals surface area (Å²) in [7, 11) is 0. The number of amides is 1. The van der Waals surface area contributed by atoms with Crippen LogP contribution in [0.15, 0.2) is 65.2 Å². The molecule has 1 aromatic heterocycles. The molecular formula is C26H33N3O2. The number of carbonyl (C=O) groups excluding carboxylic acids is 1. The average molecular weight is 420 g/mol. The Bertz CT molecular complexity index is 968. The van der Waals surface area contributed by atoms with Crippen molar-refractivity contribution in [1.82, 2.24) is 15.4 Å². The Morgan fingerprint density at radius 3 is 2.26 bits per heavy atom. The molecular weight excluding hydrogens is 386 g/mol. The van der Waals surface area contributed by atoms with Crippen molar-refractivity contribution in [1.29, 1.82) is 0 Å². The molecule has 164 valence electrons. The first-order valence-electron chi connectivity index (χ1n) is 11.0. The second-order valence-corrected chi connectivity index (χ2v) is 8.76. The monoisotopic (exact) mass is 419 g/mol. The summed E-state index contributed by atoms with van der Waals surface area (Å²) in [6, 6.07) is 20.2. The predicted octanol–water partition coefficient (Wildman–Crippen LogP) is 5.45. The van der Waals surface area contributed by atoms with Crippen LogP contribution < -0.4 is 5.32 Å². The Hall–Kier alpha value is -2.92. The molecule has 0 saturated carbocycles. The zero-order chi connectivity index (χ0) is 22.4. The van der Waals surface area contributed by atoms with E-state index in [0.29, 0.717) is 18.0 Å². The molecule has 3 aromatic rings. The van der Waals surface area contributed by atoms with Crippen LogP contribution in [0.3, 0.4) is 0 Å². The lowest BCUT2D eigenvalue weighted by molar-refractivity contribution is 0.0926. The summed E-state index contributed by atoms with van der Waals surface area (Å²) in [6.07, 6.45) is 0. The van der Waals surface area contributed by atoms with E-state index in [4.69, 9.17) is 4.52 Å². The molecule has 1 heterocycles. The fraction of sp³-hybridized carbons (Fsp3) is 0.385. The van der Waals surface area contributed by atoms with Crippen molar-refractivity contribution in [3.05, 3.63) is 77.5 Å². The van der Waals surface area contributed by atoms with E-state index in [9.17, 15) is 4.79 Å². The fourth-order valence-corrected chi connectivity index (χ4v) is 3.73. The molecule has 2 aromatic carbocycles. The van der Waals surface area contributed by atoms with Crippen LogP contribution in [-0.4, -0.2) is 35.6 Å². The zero-order valence-corrected chi connectivity index (χ0v) is 19.2. The van der Waals surface area contributed by atoms with Crippen LogP contribution in [0.25, 0.3) is 11.3 Å². The lowest BCUT2D eigenvalue weighted by atomic mass is 9.86. The van der Waals surface area contributed by atoms with Crippen LogP contribution in [0.1, 0.15) is 62.3 Å². The van der Waals surface area contributed by atoms with Crippen molar-refractivity contribution >= 4 is 5.91 Å². The Morgan fingerprint density at radius 2 is 1.68 bits per heavy atom. The van der Waals surface area contributed by atoms with Gasteiger partial charge in [0.25, 0.3) is 5.91 Å². The zero-order valence-electron chi connectivity index (χ0n) is 19.2. The lowest BCUT2D eigenvalue weighted by Gasteiger charge is -2.31. The molecule has 0 saturated heterocycles. The van der Waals surface area contributed by atoms with Crippen LogP contribution in [0.5, 0.6) is 0 Å². The van der Waals surface area contributed by atoms with E-state index in [-0.39, 0.29) is 17.4 Å². The number of carbonyl (C=O) groups is 1. The maximum Gasteiger partial charge on any atom is 0.273 e. The first-order valence-corrected chi connectivity index (χ1v) is 11.0. The smallest absolute Gasteiger partial charge is 0.273 e. The Balaban J connectivity index is 1.73. The van der Waals surface area contributed by atoms with Gasteiger partial charge in [-0.2, -0.15) is 0 Å². The summed E-state index contributed by atoms with van der Waals surface area (Å²) in [5.74, 6) is 0.359. The van der Waals surface area contributed by atoms with Crippen molar-refractivity contribution in [3.8, 4) is 11.3 Å². The quantitative estimate of drug-likeness (QED) is 0.527. The Kier molecular flexibility index (Phi) is 7.29. The summed E-state index contributed by atoms with van der Waals surface area (Å²) in [4.78, 5) is 15.1. The molecule has 0 aliphatic rings. The minimum absolute atomic E-state index is 0.0912. The third-order valence-corrected chi connectivity index (χ3v) is 5.67. The molecule has 0 fully saturated rings. The van der Waals surface area contributed by atoms with Crippen molar-refractivity contribution in [2.75, 3.05) is 19.6 Å². The summed E-state index contributed by atoms with van der Waals surface area (Å²) >= 11 is 0. The van der Waals surface area contributed by atoms with Gasteiger partial charge in [0.2, 0.25) is 0 Å². The van der Waals surface area contributed by atoms with Gasteiger partial charge in [-0.05, 0) is 29.6 Å². The largest absolute Gasteiger partial charge is 0.355 e. The number of rotatable bonds is 8. The number of hydrogen-bond donors (Lipinski definition) is 1. The molecule has 31 heavy (non-hydrogen) atoms. The van der Waals surface area contributed by atoms with Gasteiger partial charge in [-0.1, -0.05) is 94.4 Å². The minimum Gasteiger partial charge on any atom is -0.355 e. The molecule has 1 N–H and O–H groups in total. The number of nitrogens with zero attached hydrogens (tertiary/aromatic N) is 2. The molecule has 5 heteroatoms. The third-order valence-electron chi connectivity index (χ3n) is 5.67. The molecule has 0 unspecified atom stereocenters. The average Bonchev–Trinajstić information content (AvgIpc) is 3.27. The van der Waals surface area contributed by atoms with E-state index in [0.717, 1.165) is 18.7 Å². The van der Waals surface area contributed by atoms with Gasteiger partial charge >= 0.3 is 0 Å². The summed E-state index contributed by atoms with van der Waals surface area (Å²) in [5, 5.41) is 7.02. The van der Waals surface area contributed by atoms with Gasteiger partial charge in [-0.3, -0.25) is 9.69 Å². The molecule has 3 rings (SSSR count). The Labute approximate surface area is 185 Å². The first kappa shape index (κ1) is 22.8. The maximum absolute atomic E-state index is 12.8. The van der Waals surface area contributed by atoms with E-state index in [1.807, 2.05) is 30.3 Å². The highest BCUT2D eigenvalue weighted by molar-refractivity contribution is 5.93. The molecule has 1 amide bonds. The van der Waals surface area contributed by atoms with Crippen LogP contribution in [0.4, 0.5) is 0 Å². The minimum atomic E-state index is -0.227. The van der Waals surface area contributed by atoms with Gasteiger partial charge < -0.3 is 9.84 Å². The third kappa shape index (κ3) is 5.61. The molecule has 0 bridgehead atoms. The van der Waals surface area contributed by atoms with Crippen molar-refractivity contribution in [3.63, 3.8) is 0 Å². The van der Waals surface area contributed by atoms with Crippen LogP contribution in [-0.2, 0) is 5.41 Å². The molecule has 5 nitrogen and oxygen atoms in total. The predicted molar refractivity (Wildman–Crippen MR) is 125 cm³/mol. The van der Waals surface area contributed by atoms with Gasteiger partial charge in [0.05, 0.1) is 6.04 Å². The molecule has 0 radical (unpaired) electrons. The second-order valence-electron chi connectivity index (χ2n) is 8.76. The van der Waals surface area contributed by atoms with Crippen molar-refractivity contribution < 1.29 is 9.32 Å². The summed E-state index contributed by atoms with van der Waals surface area (Å²) in [5.41, 5.74) is 3.80. The molecule has 0 aliphatic heterocycles. The highest BCUT2D eigenvalue weighted by Crippen LogP contribution is 2.26. The van der Waals surface area contributed by atoms with Crippen molar-refractivity contribution in [2.24, 2.45) is 0 Å².